The molecule has 1 amide bonds. The van der Waals surface area contributed by atoms with Crippen LogP contribution in [0.25, 0.3) is 0 Å². The second-order valence-corrected chi connectivity index (χ2v) is 14.7. The maximum absolute atomic E-state index is 12.2. The lowest BCUT2D eigenvalue weighted by Crippen LogP contribution is -2.58. The maximum Gasteiger partial charge on any atom is 0.408 e. The largest absolute Gasteiger partial charge is 0.465 e. The molecule has 2 aliphatic heterocycles. The van der Waals surface area contributed by atoms with E-state index in [1.54, 1.807) is 0 Å². The van der Waals surface area contributed by atoms with Crippen LogP contribution in [0.1, 0.15) is 48.0 Å². The van der Waals surface area contributed by atoms with Crippen LogP contribution in [0.15, 0.2) is 12.2 Å². The first kappa shape index (κ1) is 23.9. The fourth-order valence-electron chi connectivity index (χ4n) is 3.90. The highest BCUT2D eigenvalue weighted by Gasteiger charge is 2.54. The standard InChI is InChI=1S/C21H36N2O5Si/c1-9-10-14-11-15(12-22)23(19(24)25)17(14)18(16-13-26-21(5,6)27-16)28-29(7,8)20(2,3)4/h9-10,14-18H,11,13H2,1-8H3,(H,24,25)/t14-,15-,16-,17-,18-/m1/s1. The van der Waals surface area contributed by atoms with Gasteiger partial charge in [0, 0.05) is 5.92 Å². The van der Waals surface area contributed by atoms with Crippen LogP contribution in [-0.4, -0.2) is 61.1 Å². The summed E-state index contributed by atoms with van der Waals surface area (Å²) in [6.45, 7) is 16.7. The third kappa shape index (κ3) is 5.02. The lowest BCUT2D eigenvalue weighted by atomic mass is 9.92. The van der Waals surface area contributed by atoms with Gasteiger partial charge in [0.1, 0.15) is 12.1 Å². The summed E-state index contributed by atoms with van der Waals surface area (Å²) in [6.07, 6.45) is 2.32. The van der Waals surface area contributed by atoms with E-state index in [-0.39, 0.29) is 11.0 Å². The monoisotopic (exact) mass is 424 g/mol. The molecule has 2 heterocycles. The molecule has 0 unspecified atom stereocenters. The van der Waals surface area contributed by atoms with Gasteiger partial charge in [0.05, 0.1) is 24.8 Å². The minimum absolute atomic E-state index is 0.0579. The average Bonchev–Trinajstić information content (AvgIpc) is 3.12. The van der Waals surface area contributed by atoms with Gasteiger partial charge in [-0.05, 0) is 45.3 Å². The van der Waals surface area contributed by atoms with E-state index in [0.29, 0.717) is 13.0 Å². The normalized spacial score (nSPS) is 31.2. The van der Waals surface area contributed by atoms with Gasteiger partial charge in [0.15, 0.2) is 14.1 Å². The zero-order chi connectivity index (χ0) is 22.2. The zero-order valence-corrected chi connectivity index (χ0v) is 19.9. The second-order valence-electron chi connectivity index (χ2n) is 9.96. The summed E-state index contributed by atoms with van der Waals surface area (Å²) in [5.41, 5.74) is 0. The Balaban J connectivity index is 2.52. The highest BCUT2D eigenvalue weighted by molar-refractivity contribution is 6.74. The van der Waals surface area contributed by atoms with Crippen LogP contribution in [0.2, 0.25) is 18.1 Å². The molecule has 0 saturated carbocycles. The molecule has 0 aromatic heterocycles. The van der Waals surface area contributed by atoms with Gasteiger partial charge in [-0.25, -0.2) is 4.79 Å². The van der Waals surface area contributed by atoms with E-state index in [0.717, 1.165) is 0 Å². The molecule has 0 aromatic carbocycles. The predicted octanol–water partition coefficient (Wildman–Crippen LogP) is 4.37. The van der Waals surface area contributed by atoms with Gasteiger partial charge < -0.3 is 19.0 Å². The number of hydrogen-bond donors (Lipinski definition) is 1. The number of likely N-dealkylation sites (tertiary alicyclic amines) is 1. The minimum atomic E-state index is -2.26. The van der Waals surface area contributed by atoms with Crippen molar-refractivity contribution in [2.45, 2.75) is 96.2 Å². The van der Waals surface area contributed by atoms with Crippen molar-refractivity contribution in [1.29, 1.82) is 5.26 Å². The summed E-state index contributed by atoms with van der Waals surface area (Å²) in [4.78, 5) is 13.4. The van der Waals surface area contributed by atoms with Crippen LogP contribution < -0.4 is 0 Å². The number of rotatable bonds is 5. The van der Waals surface area contributed by atoms with Crippen molar-refractivity contribution < 1.29 is 23.8 Å². The molecule has 2 rings (SSSR count). The van der Waals surface area contributed by atoms with E-state index in [4.69, 9.17) is 13.9 Å². The summed E-state index contributed by atoms with van der Waals surface area (Å²) in [6, 6.07) is 0.945. The molecular formula is C21H36N2O5Si. The Kier molecular flexibility index (Phi) is 6.90. The summed E-state index contributed by atoms with van der Waals surface area (Å²) < 4.78 is 18.8. The van der Waals surface area contributed by atoms with Crippen molar-refractivity contribution in [1.82, 2.24) is 4.90 Å². The Morgan fingerprint density at radius 3 is 2.45 bits per heavy atom. The van der Waals surface area contributed by atoms with Crippen LogP contribution in [0.5, 0.6) is 0 Å². The summed E-state index contributed by atoms with van der Waals surface area (Å²) >= 11 is 0. The van der Waals surface area contributed by atoms with E-state index in [1.807, 2.05) is 32.9 Å². The van der Waals surface area contributed by atoms with E-state index >= 15 is 0 Å². The highest BCUT2D eigenvalue weighted by atomic mass is 28.4. The Morgan fingerprint density at radius 2 is 2.03 bits per heavy atom. The average molecular weight is 425 g/mol. The van der Waals surface area contributed by atoms with Crippen molar-refractivity contribution in [2.24, 2.45) is 5.92 Å². The Hall–Kier alpha value is -1.40. The molecule has 8 heteroatoms. The van der Waals surface area contributed by atoms with Gasteiger partial charge in [-0.1, -0.05) is 32.9 Å². The van der Waals surface area contributed by atoms with Gasteiger partial charge in [-0.2, -0.15) is 5.26 Å². The van der Waals surface area contributed by atoms with Gasteiger partial charge >= 0.3 is 6.09 Å². The molecular weight excluding hydrogens is 388 g/mol. The van der Waals surface area contributed by atoms with Gasteiger partial charge in [0.25, 0.3) is 0 Å². The molecule has 0 spiro atoms. The van der Waals surface area contributed by atoms with Crippen molar-refractivity contribution in [3.63, 3.8) is 0 Å². The van der Waals surface area contributed by atoms with E-state index in [9.17, 15) is 15.2 Å². The van der Waals surface area contributed by atoms with Crippen molar-refractivity contribution in [3.05, 3.63) is 12.2 Å². The molecule has 164 valence electrons. The Morgan fingerprint density at radius 1 is 1.41 bits per heavy atom. The number of carbonyl (C=O) groups is 1. The molecule has 5 atom stereocenters. The van der Waals surface area contributed by atoms with Crippen LogP contribution in [0.4, 0.5) is 4.79 Å². The predicted molar refractivity (Wildman–Crippen MR) is 113 cm³/mol. The number of ether oxygens (including phenoxy) is 2. The maximum atomic E-state index is 12.2. The lowest BCUT2D eigenvalue weighted by molar-refractivity contribution is -0.154. The number of allylic oxidation sites excluding steroid dienone is 1. The number of nitriles is 1. The van der Waals surface area contributed by atoms with E-state index in [2.05, 4.69) is 39.9 Å². The van der Waals surface area contributed by atoms with Gasteiger partial charge in [0.2, 0.25) is 0 Å². The van der Waals surface area contributed by atoms with Crippen LogP contribution in [-0.2, 0) is 13.9 Å². The second kappa shape index (κ2) is 8.38. The first-order chi connectivity index (χ1) is 13.2. The third-order valence-corrected chi connectivity index (χ3v) is 10.8. The van der Waals surface area contributed by atoms with E-state index < -0.39 is 44.5 Å². The van der Waals surface area contributed by atoms with Crippen molar-refractivity contribution >= 4 is 14.4 Å². The molecule has 0 aliphatic carbocycles. The molecule has 2 fully saturated rings. The van der Waals surface area contributed by atoms with Crippen LogP contribution in [0.3, 0.4) is 0 Å². The van der Waals surface area contributed by atoms with E-state index in [1.165, 1.54) is 4.90 Å². The molecule has 0 bridgehead atoms. The quantitative estimate of drug-likeness (QED) is 0.520. The number of hydrogen-bond acceptors (Lipinski definition) is 5. The van der Waals surface area contributed by atoms with Crippen molar-refractivity contribution in [2.75, 3.05) is 6.61 Å². The van der Waals surface area contributed by atoms with Crippen LogP contribution in [0, 0.1) is 17.2 Å². The number of nitrogens with zero attached hydrogens (tertiary/aromatic N) is 2. The summed E-state index contributed by atoms with van der Waals surface area (Å²) in [5.74, 6) is -0.875. The van der Waals surface area contributed by atoms with Gasteiger partial charge in [-0.15, -0.1) is 0 Å². The number of amides is 1. The SMILES string of the molecule is CC=C[C@@H]1C[C@H](C#N)N(C(=O)O)[C@H]1[C@H](O[Si](C)(C)C(C)(C)C)[C@H]1COC(C)(C)O1. The molecule has 2 saturated heterocycles. The first-order valence-electron chi connectivity index (χ1n) is 10.3. The topological polar surface area (TPSA) is 92.0 Å². The smallest absolute Gasteiger partial charge is 0.408 e. The molecule has 29 heavy (non-hydrogen) atoms. The molecule has 7 nitrogen and oxygen atoms in total. The summed E-state index contributed by atoms with van der Waals surface area (Å²) in [7, 11) is -2.26. The Labute approximate surface area is 175 Å². The number of carboxylic acid groups (broad SMARTS) is 1. The van der Waals surface area contributed by atoms with Crippen molar-refractivity contribution in [3.8, 4) is 6.07 Å². The third-order valence-electron chi connectivity index (χ3n) is 6.37. The fourth-order valence-corrected chi connectivity index (χ4v) is 5.23. The first-order valence-corrected chi connectivity index (χ1v) is 13.2. The zero-order valence-electron chi connectivity index (χ0n) is 18.9. The molecule has 2 aliphatic rings. The molecule has 0 radical (unpaired) electrons. The molecule has 1 N–H and O–H groups in total. The minimum Gasteiger partial charge on any atom is -0.465 e. The fraction of sp³-hybridized carbons (Fsp3) is 0.810. The van der Waals surface area contributed by atoms with Crippen LogP contribution >= 0.6 is 0 Å². The van der Waals surface area contributed by atoms with Gasteiger partial charge in [-0.3, -0.25) is 4.90 Å². The summed E-state index contributed by atoms with van der Waals surface area (Å²) in [5, 5.41) is 19.5. The Bertz CT molecular complexity index is 680. The highest BCUT2D eigenvalue weighted by Crippen LogP contribution is 2.43. The molecule has 0 aromatic rings. The lowest BCUT2D eigenvalue weighted by Gasteiger charge is -2.44.